The van der Waals surface area contributed by atoms with Gasteiger partial charge in [0.1, 0.15) is 5.41 Å². The van der Waals surface area contributed by atoms with E-state index in [-0.39, 0.29) is 5.41 Å². The summed E-state index contributed by atoms with van der Waals surface area (Å²) in [6, 6.07) is 20.2. The first kappa shape index (κ1) is 15.9. The van der Waals surface area contributed by atoms with Gasteiger partial charge in [-0.05, 0) is 26.0 Å². The van der Waals surface area contributed by atoms with Crippen LogP contribution in [0.5, 0.6) is 0 Å². The number of fused-ring (bicyclic) bond motifs is 3. The predicted octanol–water partition coefficient (Wildman–Crippen LogP) is 6.22. The molecular weight excluding hydrogens is 328 g/mol. The van der Waals surface area contributed by atoms with Crippen molar-refractivity contribution in [1.82, 2.24) is 9.97 Å². The number of benzene rings is 2. The van der Waals surface area contributed by atoms with Crippen LogP contribution in [0.3, 0.4) is 0 Å². The Morgan fingerprint density at radius 3 is 2.32 bits per heavy atom. The second kappa shape index (κ2) is 5.75. The molecule has 122 valence electrons. The zero-order valence-electron chi connectivity index (χ0n) is 14.3. The van der Waals surface area contributed by atoms with Gasteiger partial charge in [-0.2, -0.15) is 0 Å². The van der Waals surface area contributed by atoms with Crippen LogP contribution in [0.2, 0.25) is 5.02 Å². The lowest BCUT2D eigenvalue weighted by Crippen LogP contribution is -2.14. The summed E-state index contributed by atoms with van der Waals surface area (Å²) in [5.74, 6) is 0. The Kier molecular flexibility index (Phi) is 3.66. The fourth-order valence-electron chi connectivity index (χ4n) is 2.95. The molecule has 4 rings (SSSR count). The number of rotatable bonds is 2. The van der Waals surface area contributed by atoms with Crippen molar-refractivity contribution in [3.05, 3.63) is 78.3 Å². The van der Waals surface area contributed by atoms with E-state index in [0.717, 1.165) is 38.8 Å². The molecule has 0 N–H and O–H groups in total. The Morgan fingerprint density at radius 2 is 1.60 bits per heavy atom. The van der Waals surface area contributed by atoms with Gasteiger partial charge in [-0.1, -0.05) is 60.1 Å². The third-order valence-electron chi connectivity index (χ3n) is 4.35. The first-order valence-electron chi connectivity index (χ1n) is 8.25. The molecule has 0 aliphatic rings. The summed E-state index contributed by atoms with van der Waals surface area (Å²) in [4.78, 5) is 9.76. The Balaban J connectivity index is 2.05. The van der Waals surface area contributed by atoms with E-state index >= 15 is 0 Å². The highest BCUT2D eigenvalue weighted by Crippen LogP contribution is 2.33. The van der Waals surface area contributed by atoms with Gasteiger partial charge in [0.05, 0.1) is 34.4 Å². The second-order valence-corrected chi connectivity index (χ2v) is 7.38. The lowest BCUT2D eigenvalue weighted by molar-refractivity contribution is 0.642. The quantitative estimate of drug-likeness (QED) is 0.318. The maximum atomic E-state index is 6.53. The molecule has 0 fully saturated rings. The molecular formula is C22H18ClN2+. The summed E-state index contributed by atoms with van der Waals surface area (Å²) in [6.45, 7) is 8.26. The van der Waals surface area contributed by atoms with E-state index in [1.165, 1.54) is 0 Å². The van der Waals surface area contributed by atoms with Crippen molar-refractivity contribution in [2.45, 2.75) is 19.3 Å². The molecule has 2 aromatic carbocycles. The van der Waals surface area contributed by atoms with Crippen LogP contribution in [0.4, 0.5) is 0 Å². The van der Waals surface area contributed by atoms with Crippen molar-refractivity contribution in [2.75, 3.05) is 0 Å². The van der Waals surface area contributed by atoms with E-state index in [2.05, 4.69) is 25.1 Å². The van der Waals surface area contributed by atoms with E-state index in [0.29, 0.717) is 5.02 Å². The highest BCUT2D eigenvalue weighted by Gasteiger charge is 2.25. The van der Waals surface area contributed by atoms with Gasteiger partial charge in [0.15, 0.2) is 0 Å². The largest absolute Gasteiger partial charge is 0.245 e. The van der Waals surface area contributed by atoms with Crippen LogP contribution in [-0.4, -0.2) is 9.97 Å². The summed E-state index contributed by atoms with van der Waals surface area (Å²) in [5, 5.41) is 2.65. The molecule has 0 aliphatic heterocycles. The summed E-state index contributed by atoms with van der Waals surface area (Å²) in [6.07, 6.45) is 0. The topological polar surface area (TPSA) is 25.8 Å². The SMILES string of the molecule is [CH2+]C(C)(C)c1cc(Cl)c2ccc3ccc(-c4ccccc4)nc3c2n1. The molecule has 0 aliphatic carbocycles. The molecule has 0 saturated carbocycles. The average molecular weight is 346 g/mol. The lowest BCUT2D eigenvalue weighted by atomic mass is 9.91. The van der Waals surface area contributed by atoms with Crippen LogP contribution in [0, 0.1) is 6.92 Å². The van der Waals surface area contributed by atoms with Gasteiger partial charge in [0.2, 0.25) is 0 Å². The van der Waals surface area contributed by atoms with Gasteiger partial charge in [-0.15, -0.1) is 0 Å². The van der Waals surface area contributed by atoms with Crippen LogP contribution in [-0.2, 0) is 5.41 Å². The molecule has 2 heterocycles. The molecule has 2 nitrogen and oxygen atoms in total. The van der Waals surface area contributed by atoms with Crippen LogP contribution >= 0.6 is 11.6 Å². The van der Waals surface area contributed by atoms with Gasteiger partial charge in [0, 0.05) is 16.3 Å². The minimum absolute atomic E-state index is 0.322. The predicted molar refractivity (Wildman–Crippen MR) is 106 cm³/mol. The molecule has 0 bridgehead atoms. The van der Waals surface area contributed by atoms with Crippen LogP contribution in [0.1, 0.15) is 19.5 Å². The normalized spacial score (nSPS) is 12.0. The summed E-state index contributed by atoms with van der Waals surface area (Å²) >= 11 is 6.53. The first-order valence-corrected chi connectivity index (χ1v) is 8.62. The number of hydrogen-bond acceptors (Lipinski definition) is 2. The van der Waals surface area contributed by atoms with Crippen LogP contribution in [0.25, 0.3) is 33.1 Å². The molecule has 0 amide bonds. The zero-order valence-corrected chi connectivity index (χ0v) is 15.0. The van der Waals surface area contributed by atoms with Crippen molar-refractivity contribution in [3.8, 4) is 11.3 Å². The highest BCUT2D eigenvalue weighted by atomic mass is 35.5. The minimum atomic E-state index is -0.322. The number of halogens is 1. The van der Waals surface area contributed by atoms with Crippen molar-refractivity contribution < 1.29 is 0 Å². The molecule has 0 saturated heterocycles. The number of aromatic nitrogens is 2. The van der Waals surface area contributed by atoms with Crippen molar-refractivity contribution in [1.29, 1.82) is 0 Å². The monoisotopic (exact) mass is 345 g/mol. The van der Waals surface area contributed by atoms with Gasteiger partial charge < -0.3 is 0 Å². The minimum Gasteiger partial charge on any atom is -0.245 e. The smallest absolute Gasteiger partial charge is 0.141 e. The zero-order chi connectivity index (χ0) is 17.6. The standard InChI is InChI=1S/C22H18ClN2/c1-22(2,3)19-13-17(23)16-11-9-15-10-12-18(14-7-5-4-6-8-14)24-20(15)21(16)25-19/h4-13H,1H2,2-3H3/q+1. The Hall–Kier alpha value is -2.58. The maximum absolute atomic E-state index is 6.53. The van der Waals surface area contributed by atoms with Crippen LogP contribution < -0.4 is 0 Å². The lowest BCUT2D eigenvalue weighted by Gasteiger charge is -2.14. The fraction of sp³-hybridized carbons (Fsp3) is 0.136. The van der Waals surface area contributed by atoms with Crippen molar-refractivity contribution >= 4 is 33.4 Å². The molecule has 2 aromatic heterocycles. The average Bonchev–Trinajstić information content (AvgIpc) is 2.61. The first-order chi connectivity index (χ1) is 11.9. The maximum Gasteiger partial charge on any atom is 0.141 e. The van der Waals surface area contributed by atoms with Crippen molar-refractivity contribution in [2.24, 2.45) is 0 Å². The summed E-state index contributed by atoms with van der Waals surface area (Å²) in [7, 11) is 0. The number of pyridine rings is 2. The summed E-state index contributed by atoms with van der Waals surface area (Å²) in [5.41, 5.74) is 4.25. The van der Waals surface area contributed by atoms with Crippen LogP contribution in [0.15, 0.2) is 60.7 Å². The molecule has 0 atom stereocenters. The highest BCUT2D eigenvalue weighted by molar-refractivity contribution is 6.36. The number of hydrogen-bond donors (Lipinski definition) is 0. The summed E-state index contributed by atoms with van der Waals surface area (Å²) < 4.78 is 0. The van der Waals surface area contributed by atoms with Gasteiger partial charge in [-0.3, -0.25) is 0 Å². The molecule has 4 aromatic rings. The molecule has 3 heteroatoms. The van der Waals surface area contributed by atoms with E-state index < -0.39 is 0 Å². The van der Waals surface area contributed by atoms with E-state index in [9.17, 15) is 0 Å². The third kappa shape index (κ3) is 2.83. The van der Waals surface area contributed by atoms with Gasteiger partial charge >= 0.3 is 0 Å². The second-order valence-electron chi connectivity index (χ2n) is 6.97. The Labute approximate surface area is 152 Å². The van der Waals surface area contributed by atoms with E-state index in [4.69, 9.17) is 21.6 Å². The molecule has 25 heavy (non-hydrogen) atoms. The third-order valence-corrected chi connectivity index (χ3v) is 4.66. The fourth-order valence-corrected chi connectivity index (χ4v) is 3.20. The molecule has 0 radical (unpaired) electrons. The van der Waals surface area contributed by atoms with Gasteiger partial charge in [0.25, 0.3) is 0 Å². The van der Waals surface area contributed by atoms with E-state index in [1.54, 1.807) is 0 Å². The van der Waals surface area contributed by atoms with Crippen molar-refractivity contribution in [3.63, 3.8) is 0 Å². The molecule has 0 unspecified atom stereocenters. The van der Waals surface area contributed by atoms with Gasteiger partial charge in [-0.25, -0.2) is 9.97 Å². The molecule has 0 spiro atoms. The van der Waals surface area contributed by atoms with E-state index in [1.807, 2.05) is 56.3 Å². The number of nitrogens with zero attached hydrogens (tertiary/aromatic N) is 2. The Morgan fingerprint density at radius 1 is 0.880 bits per heavy atom. The Bertz CT molecular complexity index is 1080.